The number of rotatable bonds is 15. The molecular weight excluding hydrogens is 573 g/mol. The van der Waals surface area contributed by atoms with Gasteiger partial charge >= 0.3 is 6.18 Å². The first-order valence-electron chi connectivity index (χ1n) is 14.2. The molecule has 0 amide bonds. The van der Waals surface area contributed by atoms with Crippen LogP contribution in [-0.4, -0.2) is 64.6 Å². The Balaban J connectivity index is 2.01. The molecule has 8 nitrogen and oxygen atoms in total. The third-order valence-corrected chi connectivity index (χ3v) is 10.2. The minimum atomic E-state index is -4.55. The second-order valence-corrected chi connectivity index (χ2v) is 20.8. The molecule has 5 atom stereocenters. The second-order valence-electron chi connectivity index (χ2n) is 13.1. The lowest BCUT2D eigenvalue weighted by atomic mass is 10.1. The van der Waals surface area contributed by atoms with E-state index >= 15 is 0 Å². The number of hydrogen-bond acceptors (Lipinski definition) is 7. The van der Waals surface area contributed by atoms with Crippen LogP contribution in [-0.2, 0) is 32.3 Å². The zero-order valence-corrected chi connectivity index (χ0v) is 27.3. The fourth-order valence-corrected chi connectivity index (χ4v) is 5.64. The van der Waals surface area contributed by atoms with Crippen molar-refractivity contribution < 1.29 is 31.9 Å². The summed E-state index contributed by atoms with van der Waals surface area (Å²) in [5.41, 5.74) is 8.59. The average molecular weight is 621 g/mol. The molecule has 0 spiro atoms. The lowest BCUT2D eigenvalue weighted by molar-refractivity contribution is -0.227. The van der Waals surface area contributed by atoms with Crippen LogP contribution in [0, 0.1) is 0 Å². The summed E-state index contributed by atoms with van der Waals surface area (Å²) >= 11 is -1.62. The standard InChI is InChI=1S/C28H47F3N4O4SSi/c1-18(39-19(2)28(29,30)31)25(34-40(36)27(3,4)5)26-33-23-15-20(22(32)16-38-21-10-11-21)9-12-24(23)35(26)17-37-13-14-41(6,7)8/h9,12,15,18-19,21-22,25,34H,10-11,13-14,16-17,32H2,1-8H3/t18-,19+,22-,25+,40-/m1/s1. The van der Waals surface area contributed by atoms with E-state index in [0.717, 1.165) is 36.9 Å². The van der Waals surface area contributed by atoms with Gasteiger partial charge in [-0.25, -0.2) is 4.98 Å². The monoisotopic (exact) mass is 620 g/mol. The topological polar surface area (TPSA) is 107 Å². The van der Waals surface area contributed by atoms with Crippen LogP contribution in [0.25, 0.3) is 11.0 Å². The molecule has 1 aliphatic rings. The molecule has 1 saturated carbocycles. The van der Waals surface area contributed by atoms with Crippen LogP contribution in [0.5, 0.6) is 0 Å². The highest BCUT2D eigenvalue weighted by atomic mass is 32.2. The van der Waals surface area contributed by atoms with Crippen molar-refractivity contribution in [2.75, 3.05) is 13.2 Å². The number of nitrogens with one attached hydrogen (secondary N) is 1. The van der Waals surface area contributed by atoms with Crippen LogP contribution in [0.1, 0.15) is 70.9 Å². The molecule has 1 fully saturated rings. The van der Waals surface area contributed by atoms with Gasteiger partial charge in [0.05, 0.1) is 35.9 Å². The van der Waals surface area contributed by atoms with Gasteiger partial charge in [-0.05, 0) is 71.2 Å². The van der Waals surface area contributed by atoms with Gasteiger partial charge in [0.15, 0.2) is 6.10 Å². The van der Waals surface area contributed by atoms with E-state index in [1.54, 1.807) is 20.8 Å². The predicted octanol–water partition coefficient (Wildman–Crippen LogP) is 5.98. The fraction of sp³-hybridized carbons (Fsp3) is 0.750. The van der Waals surface area contributed by atoms with E-state index in [2.05, 4.69) is 24.4 Å². The first-order chi connectivity index (χ1) is 18.9. The van der Waals surface area contributed by atoms with Crippen molar-refractivity contribution in [2.45, 2.75) is 121 Å². The average Bonchev–Trinajstić information content (AvgIpc) is 3.61. The molecule has 41 heavy (non-hydrogen) atoms. The van der Waals surface area contributed by atoms with Crippen molar-refractivity contribution in [2.24, 2.45) is 5.73 Å². The molecule has 234 valence electrons. The molecule has 13 heteroatoms. The molecule has 1 aromatic heterocycles. The smallest absolute Gasteiger partial charge is 0.414 e. The van der Waals surface area contributed by atoms with Gasteiger partial charge in [-0.3, -0.25) is 0 Å². The summed E-state index contributed by atoms with van der Waals surface area (Å²) < 4.78 is 75.1. The summed E-state index contributed by atoms with van der Waals surface area (Å²) in [7, 11) is -1.35. The number of imidazole rings is 1. The Morgan fingerprint density at radius 3 is 2.41 bits per heavy atom. The summed E-state index contributed by atoms with van der Waals surface area (Å²) in [4.78, 5) is 4.85. The molecular formula is C28H47F3N4O4SSi. The molecule has 0 bridgehead atoms. The first kappa shape index (κ1) is 34.3. The lowest BCUT2D eigenvalue weighted by Crippen LogP contribution is -2.47. The Morgan fingerprint density at radius 1 is 1.20 bits per heavy atom. The number of fused-ring (bicyclic) bond motifs is 1. The van der Waals surface area contributed by atoms with Crippen molar-refractivity contribution >= 4 is 30.5 Å². The first-order valence-corrected chi connectivity index (χ1v) is 19.1. The molecule has 0 saturated heterocycles. The summed E-state index contributed by atoms with van der Waals surface area (Å²) in [6.45, 7) is 15.7. The predicted molar refractivity (Wildman–Crippen MR) is 160 cm³/mol. The maximum atomic E-state index is 13.4. The molecule has 0 aliphatic heterocycles. The second kappa shape index (κ2) is 13.6. The highest BCUT2D eigenvalue weighted by Crippen LogP contribution is 2.32. The van der Waals surface area contributed by atoms with E-state index in [0.29, 0.717) is 24.6 Å². The van der Waals surface area contributed by atoms with E-state index in [9.17, 15) is 17.7 Å². The van der Waals surface area contributed by atoms with Gasteiger partial charge < -0.3 is 29.1 Å². The number of hydrogen-bond donors (Lipinski definition) is 2. The molecule has 3 N–H and O–H groups in total. The molecule has 1 aromatic carbocycles. The number of benzene rings is 1. The van der Waals surface area contributed by atoms with Crippen LogP contribution in [0.3, 0.4) is 0 Å². The number of alkyl halides is 3. The maximum absolute atomic E-state index is 13.4. The van der Waals surface area contributed by atoms with Crippen LogP contribution in [0.4, 0.5) is 13.2 Å². The van der Waals surface area contributed by atoms with E-state index in [-0.39, 0.29) is 18.9 Å². The van der Waals surface area contributed by atoms with E-state index in [1.807, 2.05) is 22.8 Å². The molecule has 1 heterocycles. The summed E-state index contributed by atoms with van der Waals surface area (Å²) in [6, 6.07) is 5.35. The van der Waals surface area contributed by atoms with Crippen molar-refractivity contribution in [3.63, 3.8) is 0 Å². The maximum Gasteiger partial charge on any atom is 0.414 e. The minimum absolute atomic E-state index is 0.133. The van der Waals surface area contributed by atoms with E-state index in [1.165, 1.54) is 6.92 Å². The Hall–Kier alpha value is -1.19. The van der Waals surface area contributed by atoms with Gasteiger partial charge in [0.1, 0.15) is 23.3 Å². The Morgan fingerprint density at radius 2 is 1.85 bits per heavy atom. The number of nitrogens with zero attached hydrogens (tertiary/aromatic N) is 2. The number of ether oxygens (including phenoxy) is 3. The normalized spacial score (nSPS) is 18.9. The Kier molecular flexibility index (Phi) is 11.4. The number of nitrogens with two attached hydrogens (primary N) is 1. The highest BCUT2D eigenvalue weighted by Gasteiger charge is 2.42. The number of aromatic nitrogens is 2. The van der Waals surface area contributed by atoms with Gasteiger partial charge in [-0.1, -0.05) is 25.7 Å². The zero-order valence-electron chi connectivity index (χ0n) is 25.5. The molecule has 0 unspecified atom stereocenters. The van der Waals surface area contributed by atoms with Crippen LogP contribution < -0.4 is 10.5 Å². The quantitative estimate of drug-likeness (QED) is 0.143. The molecule has 1 aliphatic carbocycles. The van der Waals surface area contributed by atoms with Crippen molar-refractivity contribution in [1.29, 1.82) is 0 Å². The van der Waals surface area contributed by atoms with Gasteiger partial charge in [-0.2, -0.15) is 13.2 Å². The molecule has 3 rings (SSSR count). The summed E-state index contributed by atoms with van der Waals surface area (Å²) in [6.07, 6.45) is -5.21. The lowest BCUT2D eigenvalue weighted by Gasteiger charge is -2.32. The summed E-state index contributed by atoms with van der Waals surface area (Å²) in [5, 5.41) is 0. The van der Waals surface area contributed by atoms with Crippen molar-refractivity contribution in [3.8, 4) is 0 Å². The van der Waals surface area contributed by atoms with E-state index in [4.69, 9.17) is 24.9 Å². The van der Waals surface area contributed by atoms with E-state index < -0.39 is 48.6 Å². The van der Waals surface area contributed by atoms with Crippen molar-refractivity contribution in [1.82, 2.24) is 14.3 Å². The Bertz CT molecular complexity index is 1130. The molecule has 2 aromatic rings. The van der Waals surface area contributed by atoms with Gasteiger partial charge in [0, 0.05) is 26.0 Å². The minimum Gasteiger partial charge on any atom is -0.598 e. The van der Waals surface area contributed by atoms with Crippen molar-refractivity contribution in [3.05, 3.63) is 29.6 Å². The van der Waals surface area contributed by atoms with Gasteiger partial charge in [0.25, 0.3) is 0 Å². The number of halogens is 3. The van der Waals surface area contributed by atoms with Crippen LogP contribution in [0.2, 0.25) is 25.7 Å². The van der Waals surface area contributed by atoms with Gasteiger partial charge in [0.2, 0.25) is 0 Å². The highest BCUT2D eigenvalue weighted by molar-refractivity contribution is 7.90. The third-order valence-electron chi connectivity index (χ3n) is 6.90. The SMILES string of the molecule is C[C@H](O[C@H](C)[C@H](N[S@+]([O-])C(C)(C)C)c1nc2cc([C@H](N)COC3CC3)ccc2n1COCC[Si](C)(C)C)C(F)(F)F. The fourth-order valence-electron chi connectivity index (χ4n) is 4.00. The van der Waals surface area contributed by atoms with Crippen LogP contribution >= 0.6 is 0 Å². The third kappa shape index (κ3) is 10.2. The molecule has 0 radical (unpaired) electrons. The summed E-state index contributed by atoms with van der Waals surface area (Å²) in [5.74, 6) is 0.382. The van der Waals surface area contributed by atoms with Crippen LogP contribution in [0.15, 0.2) is 18.2 Å². The van der Waals surface area contributed by atoms with Gasteiger partial charge in [-0.15, -0.1) is 4.72 Å². The zero-order chi connectivity index (χ0) is 30.8. The Labute approximate surface area is 246 Å². The largest absolute Gasteiger partial charge is 0.598 e.